The van der Waals surface area contributed by atoms with E-state index in [9.17, 15) is 18.4 Å². The Bertz CT molecular complexity index is 558. The van der Waals surface area contributed by atoms with Crippen molar-refractivity contribution in [2.75, 3.05) is 5.32 Å². The smallest absolute Gasteiger partial charge is 0.252 e. The van der Waals surface area contributed by atoms with Gasteiger partial charge in [-0.3, -0.25) is 14.5 Å². The number of carbonyl (C=O) groups excluding carboxylic acids is 2. The van der Waals surface area contributed by atoms with Crippen LogP contribution >= 0.6 is 0 Å². The van der Waals surface area contributed by atoms with Gasteiger partial charge in [0, 0.05) is 12.1 Å². The van der Waals surface area contributed by atoms with Crippen LogP contribution in [0.4, 0.5) is 14.5 Å². The van der Waals surface area contributed by atoms with E-state index in [2.05, 4.69) is 5.32 Å². The maximum absolute atomic E-state index is 13.5. The molecule has 1 aliphatic heterocycles. The normalized spacial score (nSPS) is 23.1. The molecule has 2 aliphatic rings. The Morgan fingerprint density at radius 3 is 2.58 bits per heavy atom. The number of amides is 2. The van der Waals surface area contributed by atoms with E-state index in [0.717, 1.165) is 25.0 Å². The fraction of sp³-hybridized carbons (Fsp3) is 0.385. The van der Waals surface area contributed by atoms with Crippen LogP contribution in [-0.2, 0) is 9.59 Å². The first kappa shape index (κ1) is 12.1. The van der Waals surface area contributed by atoms with Crippen molar-refractivity contribution in [3.8, 4) is 0 Å². The van der Waals surface area contributed by atoms with Gasteiger partial charge in [0.1, 0.15) is 17.7 Å². The topological polar surface area (TPSA) is 49.4 Å². The van der Waals surface area contributed by atoms with Crippen LogP contribution in [0.25, 0.3) is 0 Å². The van der Waals surface area contributed by atoms with Crippen molar-refractivity contribution in [2.24, 2.45) is 0 Å². The zero-order valence-electron chi connectivity index (χ0n) is 10.0. The van der Waals surface area contributed by atoms with Gasteiger partial charge in [-0.05, 0) is 25.0 Å². The minimum Gasteiger partial charge on any atom is -0.371 e. The highest BCUT2D eigenvalue weighted by Gasteiger charge is 2.46. The lowest BCUT2D eigenvalue weighted by Gasteiger charge is -2.15. The molecule has 0 aromatic heterocycles. The van der Waals surface area contributed by atoms with E-state index in [1.165, 1.54) is 11.0 Å². The Kier molecular flexibility index (Phi) is 2.73. The molecule has 1 atom stereocenters. The summed E-state index contributed by atoms with van der Waals surface area (Å²) in [5.41, 5.74) is 0.0326. The molecule has 1 aliphatic carbocycles. The number of benzene rings is 1. The number of carbonyl (C=O) groups is 2. The Morgan fingerprint density at radius 2 is 1.95 bits per heavy atom. The van der Waals surface area contributed by atoms with Crippen molar-refractivity contribution in [1.82, 2.24) is 4.90 Å². The monoisotopic (exact) mass is 266 g/mol. The van der Waals surface area contributed by atoms with Gasteiger partial charge in [-0.2, -0.15) is 0 Å². The fourth-order valence-electron chi connectivity index (χ4n) is 2.27. The summed E-state index contributed by atoms with van der Waals surface area (Å²) < 4.78 is 26.3. The van der Waals surface area contributed by atoms with Crippen molar-refractivity contribution in [2.45, 2.75) is 31.3 Å². The molecule has 2 fully saturated rings. The molecule has 0 radical (unpaired) electrons. The highest BCUT2D eigenvalue weighted by Crippen LogP contribution is 2.32. The lowest BCUT2D eigenvalue weighted by atomic mass is 10.2. The molecular formula is C13H12F2N2O2. The predicted octanol–water partition coefficient (Wildman–Crippen LogP) is 1.67. The summed E-state index contributed by atoms with van der Waals surface area (Å²) in [4.78, 5) is 25.0. The molecule has 100 valence electrons. The number of rotatable bonds is 3. The van der Waals surface area contributed by atoms with Crippen LogP contribution < -0.4 is 5.32 Å². The Morgan fingerprint density at radius 1 is 1.21 bits per heavy atom. The molecule has 4 nitrogen and oxygen atoms in total. The molecule has 1 aromatic carbocycles. The molecule has 2 amide bonds. The van der Waals surface area contributed by atoms with E-state index in [4.69, 9.17) is 0 Å². The van der Waals surface area contributed by atoms with Gasteiger partial charge in [0.25, 0.3) is 5.91 Å². The largest absolute Gasteiger partial charge is 0.371 e. The number of imide groups is 1. The number of nitrogens with one attached hydrogen (secondary N) is 1. The second-order valence-electron chi connectivity index (χ2n) is 4.86. The van der Waals surface area contributed by atoms with Gasteiger partial charge < -0.3 is 5.32 Å². The second kappa shape index (κ2) is 4.29. The maximum atomic E-state index is 13.5. The Balaban J connectivity index is 1.76. The summed E-state index contributed by atoms with van der Waals surface area (Å²) in [6, 6.07) is 2.33. The molecule has 0 spiro atoms. The summed E-state index contributed by atoms with van der Waals surface area (Å²) in [7, 11) is 0. The van der Waals surface area contributed by atoms with Gasteiger partial charge >= 0.3 is 0 Å². The molecule has 1 saturated carbocycles. The molecule has 1 aromatic rings. The van der Waals surface area contributed by atoms with Crippen LogP contribution in [0, 0.1) is 11.6 Å². The predicted molar refractivity (Wildman–Crippen MR) is 63.3 cm³/mol. The number of anilines is 1. The summed E-state index contributed by atoms with van der Waals surface area (Å²) in [6.45, 7) is 0. The first-order chi connectivity index (χ1) is 9.06. The first-order valence-electron chi connectivity index (χ1n) is 6.14. The molecule has 1 saturated heterocycles. The van der Waals surface area contributed by atoms with Crippen LogP contribution in [0.1, 0.15) is 19.3 Å². The second-order valence-corrected chi connectivity index (χ2v) is 4.86. The molecule has 0 bridgehead atoms. The standard InChI is InChI=1S/C13H12F2N2O2/c14-7-1-4-10(9(15)5-7)16-11-6-12(18)17(13(11)19)8-2-3-8/h1,4-5,8,11,16H,2-3,6H2. The lowest BCUT2D eigenvalue weighted by molar-refractivity contribution is -0.139. The van der Waals surface area contributed by atoms with Crippen molar-refractivity contribution in [3.05, 3.63) is 29.8 Å². The molecule has 1 N–H and O–H groups in total. The van der Waals surface area contributed by atoms with Gasteiger partial charge in [-0.1, -0.05) is 0 Å². The van der Waals surface area contributed by atoms with Crippen LogP contribution in [0.15, 0.2) is 18.2 Å². The van der Waals surface area contributed by atoms with E-state index in [1.54, 1.807) is 0 Å². The number of halogens is 2. The quantitative estimate of drug-likeness (QED) is 0.847. The minimum absolute atomic E-state index is 0.0184. The van der Waals surface area contributed by atoms with Crippen molar-refractivity contribution in [1.29, 1.82) is 0 Å². The number of likely N-dealkylation sites (tertiary alicyclic amines) is 1. The van der Waals surface area contributed by atoms with Crippen molar-refractivity contribution < 1.29 is 18.4 Å². The molecule has 1 unspecified atom stereocenters. The molecule has 19 heavy (non-hydrogen) atoms. The zero-order valence-corrected chi connectivity index (χ0v) is 10.0. The third-order valence-electron chi connectivity index (χ3n) is 3.36. The molecular weight excluding hydrogens is 254 g/mol. The van der Waals surface area contributed by atoms with Crippen LogP contribution in [-0.4, -0.2) is 28.8 Å². The van der Waals surface area contributed by atoms with Crippen molar-refractivity contribution >= 4 is 17.5 Å². The number of nitrogens with zero attached hydrogens (tertiary/aromatic N) is 1. The number of hydrogen-bond donors (Lipinski definition) is 1. The zero-order chi connectivity index (χ0) is 13.6. The van der Waals surface area contributed by atoms with Gasteiger partial charge in [-0.15, -0.1) is 0 Å². The summed E-state index contributed by atoms with van der Waals surface area (Å²) in [6.07, 6.45) is 1.70. The molecule has 6 heteroatoms. The van der Waals surface area contributed by atoms with E-state index in [1.807, 2.05) is 0 Å². The van der Waals surface area contributed by atoms with E-state index in [0.29, 0.717) is 0 Å². The molecule has 3 rings (SSSR count). The van der Waals surface area contributed by atoms with Gasteiger partial charge in [0.15, 0.2) is 0 Å². The highest BCUT2D eigenvalue weighted by molar-refractivity contribution is 6.07. The third-order valence-corrected chi connectivity index (χ3v) is 3.36. The lowest BCUT2D eigenvalue weighted by Crippen LogP contribution is -2.36. The molecule has 1 heterocycles. The summed E-state index contributed by atoms with van der Waals surface area (Å²) in [5, 5.41) is 2.68. The van der Waals surface area contributed by atoms with Gasteiger partial charge in [0.2, 0.25) is 5.91 Å². The van der Waals surface area contributed by atoms with E-state index in [-0.39, 0.29) is 30.0 Å². The van der Waals surface area contributed by atoms with E-state index >= 15 is 0 Å². The third kappa shape index (κ3) is 2.18. The van der Waals surface area contributed by atoms with Crippen LogP contribution in [0.5, 0.6) is 0 Å². The van der Waals surface area contributed by atoms with Gasteiger partial charge in [0.05, 0.1) is 12.1 Å². The summed E-state index contributed by atoms with van der Waals surface area (Å²) in [5.74, 6) is -2.01. The fourth-order valence-corrected chi connectivity index (χ4v) is 2.27. The Labute approximate surface area is 108 Å². The van der Waals surface area contributed by atoms with Crippen LogP contribution in [0.2, 0.25) is 0 Å². The minimum atomic E-state index is -0.773. The SMILES string of the molecule is O=C1CC(Nc2ccc(F)cc2F)C(=O)N1C1CC1. The Hall–Kier alpha value is -1.98. The highest BCUT2D eigenvalue weighted by atomic mass is 19.1. The van der Waals surface area contributed by atoms with E-state index < -0.39 is 17.7 Å². The number of hydrogen-bond acceptors (Lipinski definition) is 3. The first-order valence-corrected chi connectivity index (χ1v) is 6.14. The average Bonchev–Trinajstić information content (AvgIpc) is 3.12. The average molecular weight is 266 g/mol. The maximum Gasteiger partial charge on any atom is 0.252 e. The van der Waals surface area contributed by atoms with Gasteiger partial charge in [-0.25, -0.2) is 8.78 Å². The van der Waals surface area contributed by atoms with Crippen molar-refractivity contribution in [3.63, 3.8) is 0 Å². The van der Waals surface area contributed by atoms with Crippen LogP contribution in [0.3, 0.4) is 0 Å². The summed E-state index contributed by atoms with van der Waals surface area (Å²) >= 11 is 0.